The molecule has 5 nitrogen and oxygen atoms in total. The number of hydrogen-bond acceptors (Lipinski definition) is 3. The normalized spacial score (nSPS) is 12.6. The molecule has 2 rings (SSSR count). The van der Waals surface area contributed by atoms with Crippen molar-refractivity contribution in [2.75, 3.05) is 7.05 Å². The maximum atomic E-state index is 11.7. The van der Waals surface area contributed by atoms with Gasteiger partial charge in [0.1, 0.15) is 0 Å². The largest absolute Gasteiger partial charge is 0.334 e. The lowest BCUT2D eigenvalue weighted by atomic mass is 10.00. The van der Waals surface area contributed by atoms with Crippen LogP contribution in [0.1, 0.15) is 18.4 Å². The van der Waals surface area contributed by atoms with Crippen molar-refractivity contribution >= 4 is 16.9 Å². The van der Waals surface area contributed by atoms with Crippen molar-refractivity contribution in [3.8, 4) is 0 Å². The van der Waals surface area contributed by atoms with Crippen LogP contribution in [0.5, 0.6) is 0 Å². The van der Waals surface area contributed by atoms with Crippen molar-refractivity contribution < 1.29 is 4.79 Å². The Labute approximate surface area is 99.8 Å². The highest BCUT2D eigenvalue weighted by Crippen LogP contribution is 2.20. The number of benzene rings is 1. The molecular weight excluding hydrogens is 216 g/mol. The molecule has 0 spiro atoms. The molecule has 2 N–H and O–H groups in total. The molecule has 0 aliphatic carbocycles. The summed E-state index contributed by atoms with van der Waals surface area (Å²) in [6.45, 7) is 1.87. The molecule has 1 aromatic carbocycles. The van der Waals surface area contributed by atoms with Crippen molar-refractivity contribution in [1.29, 1.82) is 0 Å². The maximum absolute atomic E-state index is 11.7. The zero-order valence-corrected chi connectivity index (χ0v) is 10.2. The molecular formula is C12H16N4O. The summed E-state index contributed by atoms with van der Waals surface area (Å²) >= 11 is 0. The molecule has 0 saturated carbocycles. The topological polar surface area (TPSA) is 58.9 Å². The fourth-order valence-electron chi connectivity index (χ4n) is 1.81. The number of carbonyl (C=O) groups is 1. The summed E-state index contributed by atoms with van der Waals surface area (Å²) in [6.07, 6.45) is 1.77. The van der Waals surface area contributed by atoms with E-state index in [9.17, 15) is 4.79 Å². The average Bonchev–Trinajstić information content (AvgIpc) is 2.70. The van der Waals surface area contributed by atoms with Crippen LogP contribution in [-0.4, -0.2) is 22.5 Å². The molecule has 1 aromatic heterocycles. The van der Waals surface area contributed by atoms with Gasteiger partial charge in [0.15, 0.2) is 0 Å². The number of nitrogens with one attached hydrogen (secondary N) is 2. The number of amides is 1. The molecule has 1 atom stereocenters. The molecule has 0 aliphatic heterocycles. The summed E-state index contributed by atoms with van der Waals surface area (Å²) < 4.78 is 1.96. The molecule has 5 heteroatoms. The van der Waals surface area contributed by atoms with E-state index in [-0.39, 0.29) is 11.8 Å². The minimum atomic E-state index is -0.200. The van der Waals surface area contributed by atoms with E-state index in [2.05, 4.69) is 15.8 Å². The summed E-state index contributed by atoms with van der Waals surface area (Å²) in [4.78, 5) is 16.0. The number of rotatable bonds is 3. The Morgan fingerprint density at radius 1 is 1.47 bits per heavy atom. The lowest BCUT2D eigenvalue weighted by Gasteiger charge is -2.11. The van der Waals surface area contributed by atoms with Crippen molar-refractivity contribution in [1.82, 2.24) is 20.4 Å². The quantitative estimate of drug-likeness (QED) is 0.774. The van der Waals surface area contributed by atoms with E-state index in [1.165, 1.54) is 0 Å². The molecule has 1 heterocycles. The average molecular weight is 232 g/mol. The molecule has 1 unspecified atom stereocenters. The first-order valence-corrected chi connectivity index (χ1v) is 5.51. The van der Waals surface area contributed by atoms with E-state index in [1.54, 1.807) is 13.4 Å². The summed E-state index contributed by atoms with van der Waals surface area (Å²) in [5.74, 6) is -0.253. The molecule has 0 radical (unpaired) electrons. The Kier molecular flexibility index (Phi) is 3.10. The smallest absolute Gasteiger partial charge is 0.241 e. The minimum absolute atomic E-state index is 0.0530. The Balaban J connectivity index is 2.33. The highest BCUT2D eigenvalue weighted by molar-refractivity contribution is 5.85. The molecule has 0 aliphatic rings. The van der Waals surface area contributed by atoms with Gasteiger partial charge in [-0.05, 0) is 24.6 Å². The van der Waals surface area contributed by atoms with Crippen molar-refractivity contribution in [2.24, 2.45) is 7.05 Å². The number of carbonyl (C=O) groups excluding carboxylic acids is 1. The third-order valence-electron chi connectivity index (χ3n) is 2.89. The van der Waals surface area contributed by atoms with Crippen molar-refractivity contribution in [3.05, 3.63) is 30.1 Å². The summed E-state index contributed by atoms with van der Waals surface area (Å²) in [5, 5.41) is 0. The Morgan fingerprint density at radius 3 is 2.94 bits per heavy atom. The number of hydrazine groups is 1. The van der Waals surface area contributed by atoms with Gasteiger partial charge >= 0.3 is 0 Å². The van der Waals surface area contributed by atoms with E-state index in [1.807, 2.05) is 36.7 Å². The highest BCUT2D eigenvalue weighted by Gasteiger charge is 2.15. The predicted molar refractivity (Wildman–Crippen MR) is 66.3 cm³/mol. The van der Waals surface area contributed by atoms with Crippen LogP contribution in [0.3, 0.4) is 0 Å². The van der Waals surface area contributed by atoms with Gasteiger partial charge in [0.05, 0.1) is 23.3 Å². The number of fused-ring (bicyclic) bond motifs is 1. The van der Waals surface area contributed by atoms with Gasteiger partial charge in [0, 0.05) is 14.1 Å². The number of aryl methyl sites for hydroxylation is 1. The second kappa shape index (κ2) is 4.55. The predicted octanol–water partition coefficient (Wildman–Crippen LogP) is 0.927. The van der Waals surface area contributed by atoms with Crippen LogP contribution in [0, 0.1) is 0 Å². The molecule has 2 aromatic rings. The second-order valence-electron chi connectivity index (χ2n) is 4.06. The zero-order chi connectivity index (χ0) is 12.4. The van der Waals surface area contributed by atoms with Crippen LogP contribution < -0.4 is 10.9 Å². The summed E-state index contributed by atoms with van der Waals surface area (Å²) in [7, 11) is 3.62. The Bertz CT molecular complexity index is 546. The van der Waals surface area contributed by atoms with Crippen LogP contribution in [-0.2, 0) is 11.8 Å². The lowest BCUT2D eigenvalue weighted by molar-refractivity contribution is -0.123. The van der Waals surface area contributed by atoms with Gasteiger partial charge in [-0.25, -0.2) is 10.4 Å². The van der Waals surface area contributed by atoms with E-state index in [0.29, 0.717) is 0 Å². The van der Waals surface area contributed by atoms with Gasteiger partial charge in [0.2, 0.25) is 5.91 Å². The maximum Gasteiger partial charge on any atom is 0.241 e. The van der Waals surface area contributed by atoms with Crippen LogP contribution in [0.25, 0.3) is 11.0 Å². The first-order valence-electron chi connectivity index (χ1n) is 5.51. The number of aromatic nitrogens is 2. The lowest BCUT2D eigenvalue weighted by Crippen LogP contribution is -2.37. The van der Waals surface area contributed by atoms with Crippen molar-refractivity contribution in [2.45, 2.75) is 12.8 Å². The van der Waals surface area contributed by atoms with Crippen LogP contribution in [0.15, 0.2) is 24.5 Å². The van der Waals surface area contributed by atoms with E-state index < -0.39 is 0 Å². The Hall–Kier alpha value is -1.88. The van der Waals surface area contributed by atoms with E-state index in [0.717, 1.165) is 16.6 Å². The number of hydrogen-bond donors (Lipinski definition) is 2. The SMILES string of the molecule is CNNC(=O)C(C)c1ccc2c(c1)ncn2C. The molecule has 0 saturated heterocycles. The van der Waals surface area contributed by atoms with Gasteiger partial charge in [-0.1, -0.05) is 6.07 Å². The van der Waals surface area contributed by atoms with E-state index in [4.69, 9.17) is 0 Å². The molecule has 90 valence electrons. The van der Waals surface area contributed by atoms with Gasteiger partial charge in [-0.2, -0.15) is 0 Å². The third-order valence-corrected chi connectivity index (χ3v) is 2.89. The first kappa shape index (κ1) is 11.6. The van der Waals surface area contributed by atoms with E-state index >= 15 is 0 Å². The standard InChI is InChI=1S/C12H16N4O/c1-8(12(17)15-13-2)9-4-5-11-10(6-9)14-7-16(11)3/h4-8,13H,1-3H3,(H,15,17). The number of nitrogens with zero attached hydrogens (tertiary/aromatic N) is 2. The molecule has 17 heavy (non-hydrogen) atoms. The third kappa shape index (κ3) is 2.14. The monoisotopic (exact) mass is 232 g/mol. The van der Waals surface area contributed by atoms with Crippen molar-refractivity contribution in [3.63, 3.8) is 0 Å². The van der Waals surface area contributed by atoms with Gasteiger partial charge in [0.25, 0.3) is 0 Å². The van der Waals surface area contributed by atoms with Gasteiger partial charge < -0.3 is 4.57 Å². The summed E-state index contributed by atoms with van der Waals surface area (Å²) in [6, 6.07) is 5.90. The molecule has 1 amide bonds. The first-order chi connectivity index (χ1) is 8.13. The second-order valence-corrected chi connectivity index (χ2v) is 4.06. The van der Waals surface area contributed by atoms with Crippen LogP contribution in [0.2, 0.25) is 0 Å². The highest BCUT2D eigenvalue weighted by atomic mass is 16.2. The summed E-state index contributed by atoms with van der Waals surface area (Å²) in [5.41, 5.74) is 8.16. The van der Waals surface area contributed by atoms with Crippen LogP contribution in [0.4, 0.5) is 0 Å². The molecule has 0 fully saturated rings. The van der Waals surface area contributed by atoms with Gasteiger partial charge in [-0.15, -0.1) is 0 Å². The number of imidazole rings is 1. The van der Waals surface area contributed by atoms with Crippen LogP contribution >= 0.6 is 0 Å². The van der Waals surface area contributed by atoms with Gasteiger partial charge in [-0.3, -0.25) is 10.2 Å². The Morgan fingerprint density at radius 2 is 2.24 bits per heavy atom. The minimum Gasteiger partial charge on any atom is -0.334 e. The zero-order valence-electron chi connectivity index (χ0n) is 10.2. The fraction of sp³-hybridized carbons (Fsp3) is 0.333. The fourth-order valence-corrected chi connectivity index (χ4v) is 1.81. The molecule has 0 bridgehead atoms.